The van der Waals surface area contributed by atoms with Crippen LogP contribution in [0.4, 0.5) is 26.2 Å². The Morgan fingerprint density at radius 1 is 1.12 bits per heavy atom. The van der Waals surface area contributed by atoms with Crippen LogP contribution in [0.25, 0.3) is 10.9 Å². The summed E-state index contributed by atoms with van der Waals surface area (Å²) in [5.74, 6) is -0.310. The van der Waals surface area contributed by atoms with Crippen LogP contribution in [-0.2, 0) is 0 Å². The second kappa shape index (κ2) is 7.75. The van der Waals surface area contributed by atoms with Crippen LogP contribution in [0, 0.1) is 25.5 Å². The minimum absolute atomic E-state index is 0.0735. The van der Waals surface area contributed by atoms with Crippen molar-refractivity contribution in [3.8, 4) is 11.8 Å². The van der Waals surface area contributed by atoms with Gasteiger partial charge < -0.3 is 25.0 Å². The molecule has 0 radical (unpaired) electrons. The molecule has 1 atom stereocenters. The van der Waals surface area contributed by atoms with E-state index in [0.29, 0.717) is 42.7 Å². The molecule has 1 fully saturated rings. The Morgan fingerprint density at radius 2 is 1.97 bits per heavy atom. The van der Waals surface area contributed by atoms with Crippen LogP contribution in [0.5, 0.6) is 11.8 Å². The summed E-state index contributed by atoms with van der Waals surface area (Å²) in [7, 11) is 0. The zero-order valence-corrected chi connectivity index (χ0v) is 17.4. The summed E-state index contributed by atoms with van der Waals surface area (Å²) in [6.07, 6.45) is 0.135. The Kier molecular flexibility index (Phi) is 4.89. The number of aromatic nitrogens is 5. The van der Waals surface area contributed by atoms with Crippen molar-refractivity contribution >= 4 is 28.4 Å². The van der Waals surface area contributed by atoms with E-state index in [1.54, 1.807) is 19.1 Å². The quantitative estimate of drug-likeness (QED) is 0.373. The van der Waals surface area contributed by atoms with E-state index in [1.807, 2.05) is 11.8 Å². The van der Waals surface area contributed by atoms with Gasteiger partial charge >= 0.3 is 6.01 Å². The van der Waals surface area contributed by atoms with Gasteiger partial charge in [0.2, 0.25) is 0 Å². The zero-order chi connectivity index (χ0) is 22.4. The third-order valence-electron chi connectivity index (χ3n) is 5.24. The van der Waals surface area contributed by atoms with E-state index in [2.05, 4.69) is 30.5 Å². The van der Waals surface area contributed by atoms with Gasteiger partial charge in [-0.25, -0.2) is 8.78 Å². The third kappa shape index (κ3) is 3.82. The van der Waals surface area contributed by atoms with Crippen LogP contribution in [-0.4, -0.2) is 49.4 Å². The molecule has 1 aliphatic heterocycles. The van der Waals surface area contributed by atoms with Gasteiger partial charge in [-0.3, -0.25) is 5.10 Å². The van der Waals surface area contributed by atoms with E-state index in [9.17, 15) is 9.50 Å². The number of halogens is 2. The van der Waals surface area contributed by atoms with Crippen LogP contribution in [0.15, 0.2) is 24.3 Å². The van der Waals surface area contributed by atoms with Crippen LogP contribution < -0.4 is 15.0 Å². The molecule has 166 valence electrons. The van der Waals surface area contributed by atoms with Crippen LogP contribution in [0.2, 0.25) is 0 Å². The van der Waals surface area contributed by atoms with Crippen molar-refractivity contribution in [1.29, 1.82) is 0 Å². The SMILES string of the molecule is Cc1cc(Nc2cc(N3CCC(O)C3)nc(Oc3cc(F)c4[nH]c(C)cc4c3F)n2)n[nH]1. The molecule has 0 spiro atoms. The number of hydrogen-bond donors (Lipinski definition) is 4. The standard InChI is InChI=1S/C21H21F2N7O2/c1-10-5-13-19(23)15(7-14(22)20(13)24-10)32-21-26-16(25-17-6-11(2)28-29-17)8-18(27-21)30-4-3-12(31)9-30/h5-8,12,24,31H,3-4,9H2,1-2H3,(H2,25,26,27,28,29). The maximum atomic E-state index is 15.0. The highest BCUT2D eigenvalue weighted by Crippen LogP contribution is 2.33. The highest BCUT2D eigenvalue weighted by Gasteiger charge is 2.24. The van der Waals surface area contributed by atoms with Crippen LogP contribution in [0.3, 0.4) is 0 Å². The second-order valence-corrected chi connectivity index (χ2v) is 7.86. The Hall–Kier alpha value is -3.73. The highest BCUT2D eigenvalue weighted by molar-refractivity contribution is 5.83. The minimum Gasteiger partial charge on any atom is -0.421 e. The first-order valence-corrected chi connectivity index (χ1v) is 10.1. The molecule has 0 amide bonds. The van der Waals surface area contributed by atoms with E-state index in [0.717, 1.165) is 11.8 Å². The number of rotatable bonds is 5. The number of hydrogen-bond acceptors (Lipinski definition) is 7. The molecule has 1 aliphatic rings. The maximum Gasteiger partial charge on any atom is 0.326 e. The van der Waals surface area contributed by atoms with Crippen molar-refractivity contribution < 1.29 is 18.6 Å². The lowest BCUT2D eigenvalue weighted by Gasteiger charge is -2.18. The summed E-state index contributed by atoms with van der Waals surface area (Å²) in [6.45, 7) is 4.57. The van der Waals surface area contributed by atoms with Gasteiger partial charge in [-0.2, -0.15) is 15.1 Å². The topological polar surface area (TPSA) is 115 Å². The van der Waals surface area contributed by atoms with Crippen molar-refractivity contribution in [1.82, 2.24) is 25.1 Å². The number of β-amino-alcohol motifs (C(OH)–C–C–N with tert-alkyl or cyclic N) is 1. The molecule has 3 aromatic heterocycles. The Morgan fingerprint density at radius 3 is 2.69 bits per heavy atom. The summed E-state index contributed by atoms with van der Waals surface area (Å²) in [5, 5.41) is 20.0. The van der Waals surface area contributed by atoms with E-state index in [-0.39, 0.29) is 22.7 Å². The number of aliphatic hydroxyl groups is 1. The normalized spacial score (nSPS) is 16.2. The Balaban J connectivity index is 1.53. The second-order valence-electron chi connectivity index (χ2n) is 7.86. The lowest BCUT2D eigenvalue weighted by Crippen LogP contribution is -2.22. The van der Waals surface area contributed by atoms with Gasteiger partial charge in [0.15, 0.2) is 23.2 Å². The smallest absolute Gasteiger partial charge is 0.326 e. The Bertz CT molecular complexity index is 1300. The first-order chi connectivity index (χ1) is 15.4. The average Bonchev–Trinajstić information content (AvgIpc) is 3.46. The summed E-state index contributed by atoms with van der Waals surface area (Å²) in [6, 6.07) is 5.79. The van der Waals surface area contributed by atoms with Gasteiger partial charge in [0.1, 0.15) is 11.6 Å². The molecule has 11 heteroatoms. The van der Waals surface area contributed by atoms with Gasteiger partial charge in [-0.05, 0) is 26.3 Å². The van der Waals surface area contributed by atoms with Gasteiger partial charge in [0, 0.05) is 48.1 Å². The lowest BCUT2D eigenvalue weighted by atomic mass is 10.2. The van der Waals surface area contributed by atoms with Crippen molar-refractivity contribution in [3.05, 3.63) is 47.3 Å². The first-order valence-electron chi connectivity index (χ1n) is 10.1. The minimum atomic E-state index is -0.714. The molecule has 0 saturated carbocycles. The molecule has 0 aliphatic carbocycles. The van der Waals surface area contributed by atoms with Gasteiger partial charge in [0.05, 0.1) is 11.6 Å². The molecule has 32 heavy (non-hydrogen) atoms. The molecule has 1 unspecified atom stereocenters. The highest BCUT2D eigenvalue weighted by atomic mass is 19.1. The Labute approximate surface area is 181 Å². The summed E-state index contributed by atoms with van der Waals surface area (Å²) in [5.41, 5.74) is 1.56. The van der Waals surface area contributed by atoms with E-state index in [4.69, 9.17) is 4.74 Å². The number of aryl methyl sites for hydroxylation is 2. The molecule has 4 N–H and O–H groups in total. The average molecular weight is 441 g/mol. The van der Waals surface area contributed by atoms with E-state index in [1.165, 1.54) is 6.07 Å². The number of anilines is 3. The van der Waals surface area contributed by atoms with Crippen molar-refractivity contribution in [2.24, 2.45) is 0 Å². The number of benzene rings is 1. The molecular weight excluding hydrogens is 420 g/mol. The number of ether oxygens (including phenoxy) is 1. The fraction of sp³-hybridized carbons (Fsp3) is 0.286. The molecule has 5 rings (SSSR count). The van der Waals surface area contributed by atoms with Gasteiger partial charge in [-0.15, -0.1) is 0 Å². The van der Waals surface area contributed by atoms with Crippen molar-refractivity contribution in [3.63, 3.8) is 0 Å². The molecule has 9 nitrogen and oxygen atoms in total. The molecule has 0 bridgehead atoms. The molecular formula is C21H21F2N7O2. The van der Waals surface area contributed by atoms with Crippen LogP contribution >= 0.6 is 0 Å². The number of aliphatic hydroxyl groups excluding tert-OH is 1. The lowest BCUT2D eigenvalue weighted by molar-refractivity contribution is 0.198. The van der Waals surface area contributed by atoms with Crippen molar-refractivity contribution in [2.45, 2.75) is 26.4 Å². The number of H-pyrrole nitrogens is 2. The van der Waals surface area contributed by atoms with Gasteiger partial charge in [0.25, 0.3) is 0 Å². The number of aromatic amines is 2. The van der Waals surface area contributed by atoms with Crippen molar-refractivity contribution in [2.75, 3.05) is 23.3 Å². The monoisotopic (exact) mass is 441 g/mol. The summed E-state index contributed by atoms with van der Waals surface area (Å²) in [4.78, 5) is 13.3. The number of nitrogens with one attached hydrogen (secondary N) is 3. The summed E-state index contributed by atoms with van der Waals surface area (Å²) < 4.78 is 35.1. The number of nitrogens with zero attached hydrogens (tertiary/aromatic N) is 4. The molecule has 4 aromatic rings. The largest absolute Gasteiger partial charge is 0.421 e. The fourth-order valence-corrected chi connectivity index (χ4v) is 3.75. The summed E-state index contributed by atoms with van der Waals surface area (Å²) >= 11 is 0. The maximum absolute atomic E-state index is 15.0. The fourth-order valence-electron chi connectivity index (χ4n) is 3.75. The van der Waals surface area contributed by atoms with Gasteiger partial charge in [-0.1, -0.05) is 0 Å². The molecule has 4 heterocycles. The molecule has 1 saturated heterocycles. The van der Waals surface area contributed by atoms with E-state index >= 15 is 4.39 Å². The first kappa shape index (κ1) is 20.2. The number of fused-ring (bicyclic) bond motifs is 1. The molecule has 1 aromatic carbocycles. The predicted molar refractivity (Wildman–Crippen MR) is 115 cm³/mol. The zero-order valence-electron chi connectivity index (χ0n) is 17.4. The third-order valence-corrected chi connectivity index (χ3v) is 5.24. The predicted octanol–water partition coefficient (Wildman–Crippen LogP) is 3.68. The van der Waals surface area contributed by atoms with E-state index < -0.39 is 17.7 Å². The van der Waals surface area contributed by atoms with Crippen LogP contribution in [0.1, 0.15) is 17.8 Å².